The Kier molecular flexibility index (Phi) is 3.33. The highest BCUT2D eigenvalue weighted by Gasteiger charge is 2.35. The lowest BCUT2D eigenvalue weighted by atomic mass is 9.68. The highest BCUT2D eigenvalue weighted by atomic mass is 15.2. The zero-order chi connectivity index (χ0) is 13.3. The summed E-state index contributed by atoms with van der Waals surface area (Å²) >= 11 is 0. The molecule has 1 saturated heterocycles. The Morgan fingerprint density at radius 2 is 1.74 bits per heavy atom. The van der Waals surface area contributed by atoms with Crippen LogP contribution in [-0.2, 0) is 0 Å². The Morgan fingerprint density at radius 1 is 1.05 bits per heavy atom. The maximum absolute atomic E-state index is 5.82. The molecule has 2 N–H and O–H groups in total. The summed E-state index contributed by atoms with van der Waals surface area (Å²) in [5, 5.41) is 0. The van der Waals surface area contributed by atoms with E-state index in [0.717, 1.165) is 24.7 Å². The van der Waals surface area contributed by atoms with Crippen molar-refractivity contribution < 1.29 is 0 Å². The zero-order valence-corrected chi connectivity index (χ0v) is 11.9. The number of anilines is 2. The van der Waals surface area contributed by atoms with Crippen molar-refractivity contribution in [2.24, 2.45) is 5.41 Å². The normalized spacial score (nSPS) is 22.7. The van der Waals surface area contributed by atoms with E-state index in [2.05, 4.69) is 14.9 Å². The lowest BCUT2D eigenvalue weighted by molar-refractivity contribution is 0.144. The predicted octanol–water partition coefficient (Wildman–Crippen LogP) is 2.92. The van der Waals surface area contributed by atoms with Gasteiger partial charge in [-0.3, -0.25) is 0 Å². The molecule has 3 rings (SSSR count). The van der Waals surface area contributed by atoms with Crippen LogP contribution in [0.5, 0.6) is 0 Å². The van der Waals surface area contributed by atoms with E-state index in [1.54, 1.807) is 0 Å². The summed E-state index contributed by atoms with van der Waals surface area (Å²) in [6.07, 6.45) is 9.80. The van der Waals surface area contributed by atoms with Gasteiger partial charge in [0, 0.05) is 19.2 Å². The molecule has 0 radical (unpaired) electrons. The molecule has 0 unspecified atom stereocenters. The van der Waals surface area contributed by atoms with E-state index in [4.69, 9.17) is 5.73 Å². The highest BCUT2D eigenvalue weighted by molar-refractivity contribution is 5.47. The van der Waals surface area contributed by atoms with Gasteiger partial charge in [-0.25, -0.2) is 9.97 Å². The van der Waals surface area contributed by atoms with Crippen LogP contribution >= 0.6 is 0 Å². The fourth-order valence-electron chi connectivity index (χ4n) is 3.75. The van der Waals surface area contributed by atoms with Crippen molar-refractivity contribution in [1.82, 2.24) is 9.97 Å². The van der Waals surface area contributed by atoms with Crippen molar-refractivity contribution in [2.75, 3.05) is 23.7 Å². The van der Waals surface area contributed by atoms with Gasteiger partial charge in [-0.05, 0) is 38.0 Å². The second-order valence-electron chi connectivity index (χ2n) is 6.25. The van der Waals surface area contributed by atoms with Crippen molar-refractivity contribution in [1.29, 1.82) is 0 Å². The summed E-state index contributed by atoms with van der Waals surface area (Å²) in [6, 6.07) is 1.91. The van der Waals surface area contributed by atoms with Crippen molar-refractivity contribution in [3.8, 4) is 0 Å². The molecule has 19 heavy (non-hydrogen) atoms. The van der Waals surface area contributed by atoms with Gasteiger partial charge in [-0.2, -0.15) is 0 Å². The van der Waals surface area contributed by atoms with Crippen LogP contribution in [0, 0.1) is 12.3 Å². The first-order chi connectivity index (χ1) is 9.17. The summed E-state index contributed by atoms with van der Waals surface area (Å²) in [7, 11) is 0. The van der Waals surface area contributed by atoms with Crippen LogP contribution in [0.25, 0.3) is 0 Å². The standard InChI is InChI=1S/C15H24N4/c1-12-17-13(16)11-14(18-12)19-9-7-15(8-10-19)5-3-2-4-6-15/h11H,2-10H2,1H3,(H2,16,17,18). The first-order valence-electron chi connectivity index (χ1n) is 7.53. The van der Waals surface area contributed by atoms with Crippen molar-refractivity contribution in [3.63, 3.8) is 0 Å². The molecule has 1 aromatic heterocycles. The number of nitrogens with zero attached hydrogens (tertiary/aromatic N) is 3. The third kappa shape index (κ3) is 2.67. The van der Waals surface area contributed by atoms with E-state index in [1.807, 2.05) is 13.0 Å². The van der Waals surface area contributed by atoms with E-state index in [0.29, 0.717) is 11.2 Å². The van der Waals surface area contributed by atoms with Crippen LogP contribution in [-0.4, -0.2) is 23.1 Å². The lowest BCUT2D eigenvalue weighted by Crippen LogP contribution is -2.41. The van der Waals surface area contributed by atoms with E-state index in [1.165, 1.54) is 44.9 Å². The van der Waals surface area contributed by atoms with E-state index < -0.39 is 0 Å². The minimum atomic E-state index is 0.584. The van der Waals surface area contributed by atoms with Crippen molar-refractivity contribution in [3.05, 3.63) is 11.9 Å². The van der Waals surface area contributed by atoms with Crippen LogP contribution < -0.4 is 10.6 Å². The molecule has 1 aliphatic heterocycles. The maximum Gasteiger partial charge on any atom is 0.134 e. The molecule has 104 valence electrons. The Balaban J connectivity index is 1.69. The monoisotopic (exact) mass is 260 g/mol. The number of nitrogen functional groups attached to an aromatic ring is 1. The molecule has 0 bridgehead atoms. The molecule has 2 fully saturated rings. The molecule has 1 saturated carbocycles. The van der Waals surface area contributed by atoms with Crippen LogP contribution in [0.1, 0.15) is 50.8 Å². The second kappa shape index (κ2) is 4.99. The minimum absolute atomic E-state index is 0.584. The fraction of sp³-hybridized carbons (Fsp3) is 0.733. The minimum Gasteiger partial charge on any atom is -0.384 e. The summed E-state index contributed by atoms with van der Waals surface area (Å²) in [6.45, 7) is 4.15. The summed E-state index contributed by atoms with van der Waals surface area (Å²) in [5.41, 5.74) is 6.47. The summed E-state index contributed by atoms with van der Waals surface area (Å²) in [5.74, 6) is 2.36. The molecule has 4 heteroatoms. The molecule has 1 aromatic rings. The molecule has 4 nitrogen and oxygen atoms in total. The van der Waals surface area contributed by atoms with Crippen molar-refractivity contribution >= 4 is 11.6 Å². The average molecular weight is 260 g/mol. The summed E-state index contributed by atoms with van der Waals surface area (Å²) in [4.78, 5) is 11.1. The molecule has 1 spiro atoms. The van der Waals surface area contributed by atoms with Crippen molar-refractivity contribution in [2.45, 2.75) is 51.9 Å². The Labute approximate surface area is 115 Å². The Hall–Kier alpha value is -1.32. The highest BCUT2D eigenvalue weighted by Crippen LogP contribution is 2.44. The number of hydrogen-bond donors (Lipinski definition) is 1. The number of aryl methyl sites for hydroxylation is 1. The number of piperidine rings is 1. The van der Waals surface area contributed by atoms with Crippen LogP contribution in [0.3, 0.4) is 0 Å². The van der Waals surface area contributed by atoms with E-state index in [-0.39, 0.29) is 0 Å². The topological polar surface area (TPSA) is 55.0 Å². The molecule has 2 heterocycles. The first kappa shape index (κ1) is 12.7. The Bertz CT molecular complexity index is 421. The van der Waals surface area contributed by atoms with Gasteiger partial charge in [0.25, 0.3) is 0 Å². The maximum atomic E-state index is 5.82. The molecular weight excluding hydrogens is 236 g/mol. The smallest absolute Gasteiger partial charge is 0.134 e. The van der Waals surface area contributed by atoms with Gasteiger partial charge in [-0.1, -0.05) is 19.3 Å². The first-order valence-corrected chi connectivity index (χ1v) is 7.53. The SMILES string of the molecule is Cc1nc(N)cc(N2CCC3(CCCCC3)CC2)n1. The van der Waals surface area contributed by atoms with E-state index in [9.17, 15) is 0 Å². The molecule has 0 amide bonds. The van der Waals surface area contributed by atoms with Gasteiger partial charge in [0.1, 0.15) is 17.5 Å². The lowest BCUT2D eigenvalue weighted by Gasteiger charge is -2.44. The average Bonchev–Trinajstić information content (AvgIpc) is 2.39. The number of aromatic nitrogens is 2. The predicted molar refractivity (Wildman–Crippen MR) is 78.1 cm³/mol. The van der Waals surface area contributed by atoms with Gasteiger partial charge in [0.2, 0.25) is 0 Å². The van der Waals surface area contributed by atoms with Crippen LogP contribution in [0.2, 0.25) is 0 Å². The number of nitrogens with two attached hydrogens (primary N) is 1. The molecule has 2 aliphatic rings. The molecule has 0 aromatic carbocycles. The third-order valence-electron chi connectivity index (χ3n) is 4.91. The summed E-state index contributed by atoms with van der Waals surface area (Å²) < 4.78 is 0. The van der Waals surface area contributed by atoms with Gasteiger partial charge < -0.3 is 10.6 Å². The van der Waals surface area contributed by atoms with Gasteiger partial charge in [0.15, 0.2) is 0 Å². The quantitative estimate of drug-likeness (QED) is 0.843. The molecular formula is C15H24N4. The van der Waals surface area contributed by atoms with Crippen LogP contribution in [0.15, 0.2) is 6.07 Å². The van der Waals surface area contributed by atoms with Gasteiger partial charge in [-0.15, -0.1) is 0 Å². The molecule has 1 aliphatic carbocycles. The van der Waals surface area contributed by atoms with Gasteiger partial charge >= 0.3 is 0 Å². The molecule has 0 atom stereocenters. The van der Waals surface area contributed by atoms with Crippen LogP contribution in [0.4, 0.5) is 11.6 Å². The number of rotatable bonds is 1. The largest absolute Gasteiger partial charge is 0.384 e. The fourth-order valence-corrected chi connectivity index (χ4v) is 3.75. The zero-order valence-electron chi connectivity index (χ0n) is 11.9. The van der Waals surface area contributed by atoms with Gasteiger partial charge in [0.05, 0.1) is 0 Å². The Morgan fingerprint density at radius 3 is 2.37 bits per heavy atom. The van der Waals surface area contributed by atoms with E-state index >= 15 is 0 Å². The number of hydrogen-bond acceptors (Lipinski definition) is 4. The third-order valence-corrected chi connectivity index (χ3v) is 4.91. The second-order valence-corrected chi connectivity index (χ2v) is 6.25.